The molecule has 4 heteroatoms. The third-order valence-corrected chi connectivity index (χ3v) is 2.85. The second-order valence-electron chi connectivity index (χ2n) is 3.77. The van der Waals surface area contributed by atoms with Crippen LogP contribution in [0, 0.1) is 12.7 Å². The number of halogens is 2. The minimum atomic E-state index is -0.184. The van der Waals surface area contributed by atoms with Crippen molar-refractivity contribution in [2.24, 2.45) is 0 Å². The third-order valence-electron chi connectivity index (χ3n) is 2.40. The van der Waals surface area contributed by atoms with Gasteiger partial charge in [-0.15, -0.1) is 0 Å². The van der Waals surface area contributed by atoms with E-state index in [1.807, 2.05) is 18.2 Å². The first-order valence-electron chi connectivity index (χ1n) is 5.26. The Kier molecular flexibility index (Phi) is 3.74. The summed E-state index contributed by atoms with van der Waals surface area (Å²) in [6.45, 7) is 2.36. The molecule has 0 aliphatic carbocycles. The van der Waals surface area contributed by atoms with Gasteiger partial charge in [0, 0.05) is 5.69 Å². The van der Waals surface area contributed by atoms with Gasteiger partial charge in [-0.25, -0.2) is 9.37 Å². The summed E-state index contributed by atoms with van der Waals surface area (Å²) in [7, 11) is 0. The summed E-state index contributed by atoms with van der Waals surface area (Å²) in [4.78, 5) is 4.31. The standard InChI is InChI=1S/C13H12BrFN2/c1-9-7-10(5-6-12(9)15)16-8-11-3-2-4-13(14)17-11/h2-7,16H,8H2,1H3. The average Bonchev–Trinajstić information content (AvgIpc) is 2.31. The Labute approximate surface area is 108 Å². The van der Waals surface area contributed by atoms with Crippen LogP contribution in [0.2, 0.25) is 0 Å². The van der Waals surface area contributed by atoms with E-state index in [2.05, 4.69) is 26.2 Å². The van der Waals surface area contributed by atoms with Crippen LogP contribution in [0.1, 0.15) is 11.3 Å². The van der Waals surface area contributed by atoms with Gasteiger partial charge in [-0.05, 0) is 58.7 Å². The van der Waals surface area contributed by atoms with Crippen molar-refractivity contribution in [2.45, 2.75) is 13.5 Å². The van der Waals surface area contributed by atoms with Crippen molar-refractivity contribution in [1.82, 2.24) is 4.98 Å². The molecule has 2 rings (SSSR count). The zero-order valence-electron chi connectivity index (χ0n) is 9.37. The molecule has 0 bridgehead atoms. The quantitative estimate of drug-likeness (QED) is 0.869. The first kappa shape index (κ1) is 12.0. The molecule has 1 heterocycles. The topological polar surface area (TPSA) is 24.9 Å². The predicted molar refractivity (Wildman–Crippen MR) is 70.4 cm³/mol. The number of aromatic nitrogens is 1. The average molecular weight is 295 g/mol. The summed E-state index contributed by atoms with van der Waals surface area (Å²) in [6, 6.07) is 10.7. The van der Waals surface area contributed by atoms with E-state index in [1.165, 1.54) is 6.07 Å². The van der Waals surface area contributed by atoms with Crippen molar-refractivity contribution in [3.8, 4) is 0 Å². The van der Waals surface area contributed by atoms with Crippen LogP contribution in [0.5, 0.6) is 0 Å². The Bertz CT molecular complexity index is 529. The summed E-state index contributed by atoms with van der Waals surface area (Å²) in [5.41, 5.74) is 2.46. The van der Waals surface area contributed by atoms with Gasteiger partial charge in [0.25, 0.3) is 0 Å². The van der Waals surface area contributed by atoms with Crippen molar-refractivity contribution in [3.63, 3.8) is 0 Å². The molecule has 88 valence electrons. The van der Waals surface area contributed by atoms with Crippen LogP contribution in [0.25, 0.3) is 0 Å². The first-order chi connectivity index (χ1) is 8.15. The second-order valence-corrected chi connectivity index (χ2v) is 4.58. The van der Waals surface area contributed by atoms with Gasteiger partial charge >= 0.3 is 0 Å². The summed E-state index contributed by atoms with van der Waals surface area (Å²) in [5, 5.41) is 3.21. The molecule has 1 aromatic carbocycles. The van der Waals surface area contributed by atoms with Gasteiger partial charge in [0.15, 0.2) is 0 Å². The maximum Gasteiger partial charge on any atom is 0.126 e. The van der Waals surface area contributed by atoms with Crippen LogP contribution in [0.4, 0.5) is 10.1 Å². The molecule has 1 N–H and O–H groups in total. The Morgan fingerprint density at radius 2 is 2.12 bits per heavy atom. The smallest absolute Gasteiger partial charge is 0.126 e. The number of nitrogens with zero attached hydrogens (tertiary/aromatic N) is 1. The molecule has 0 saturated carbocycles. The van der Waals surface area contributed by atoms with Gasteiger partial charge < -0.3 is 5.32 Å². The number of hydrogen-bond donors (Lipinski definition) is 1. The Morgan fingerprint density at radius 3 is 2.82 bits per heavy atom. The molecule has 0 unspecified atom stereocenters. The maximum atomic E-state index is 13.1. The van der Waals surface area contributed by atoms with Crippen molar-refractivity contribution in [2.75, 3.05) is 5.32 Å². The lowest BCUT2D eigenvalue weighted by Gasteiger charge is -2.07. The zero-order chi connectivity index (χ0) is 12.3. The molecule has 0 fully saturated rings. The van der Waals surface area contributed by atoms with E-state index in [0.29, 0.717) is 12.1 Å². The van der Waals surface area contributed by atoms with Gasteiger partial charge in [0.1, 0.15) is 10.4 Å². The summed E-state index contributed by atoms with van der Waals surface area (Å²) < 4.78 is 13.9. The Hall–Kier alpha value is -1.42. The minimum Gasteiger partial charge on any atom is -0.379 e. The second kappa shape index (κ2) is 5.27. The number of pyridine rings is 1. The van der Waals surface area contributed by atoms with Crippen LogP contribution in [0.3, 0.4) is 0 Å². The van der Waals surface area contributed by atoms with Gasteiger partial charge in [-0.1, -0.05) is 6.07 Å². The van der Waals surface area contributed by atoms with Crippen molar-refractivity contribution in [1.29, 1.82) is 0 Å². The highest BCUT2D eigenvalue weighted by molar-refractivity contribution is 9.10. The molecule has 0 saturated heterocycles. The van der Waals surface area contributed by atoms with E-state index in [4.69, 9.17) is 0 Å². The van der Waals surface area contributed by atoms with Crippen molar-refractivity contribution < 1.29 is 4.39 Å². The molecule has 2 nitrogen and oxygen atoms in total. The maximum absolute atomic E-state index is 13.1. The van der Waals surface area contributed by atoms with E-state index in [1.54, 1.807) is 19.1 Å². The van der Waals surface area contributed by atoms with E-state index in [9.17, 15) is 4.39 Å². The van der Waals surface area contributed by atoms with Gasteiger partial charge in [-0.3, -0.25) is 0 Å². The lowest BCUT2D eigenvalue weighted by molar-refractivity contribution is 0.618. The highest BCUT2D eigenvalue weighted by atomic mass is 79.9. The van der Waals surface area contributed by atoms with E-state index in [0.717, 1.165) is 16.0 Å². The van der Waals surface area contributed by atoms with Crippen molar-refractivity contribution >= 4 is 21.6 Å². The molecule has 0 atom stereocenters. The molecule has 0 aliphatic rings. The molecular formula is C13H12BrFN2. The number of nitrogens with one attached hydrogen (secondary N) is 1. The van der Waals surface area contributed by atoms with E-state index < -0.39 is 0 Å². The van der Waals surface area contributed by atoms with Crippen molar-refractivity contribution in [3.05, 3.63) is 58.1 Å². The largest absolute Gasteiger partial charge is 0.379 e. The zero-order valence-corrected chi connectivity index (χ0v) is 11.0. The van der Waals surface area contributed by atoms with Crippen LogP contribution in [0.15, 0.2) is 41.0 Å². The molecule has 1 aromatic heterocycles. The SMILES string of the molecule is Cc1cc(NCc2cccc(Br)n2)ccc1F. The van der Waals surface area contributed by atoms with Crippen LogP contribution < -0.4 is 5.32 Å². The van der Waals surface area contributed by atoms with Gasteiger partial charge in [-0.2, -0.15) is 0 Å². The summed E-state index contributed by atoms with van der Waals surface area (Å²) in [5.74, 6) is -0.184. The molecule has 0 spiro atoms. The number of aryl methyl sites for hydroxylation is 1. The minimum absolute atomic E-state index is 0.184. The fourth-order valence-electron chi connectivity index (χ4n) is 1.50. The van der Waals surface area contributed by atoms with E-state index in [-0.39, 0.29) is 5.82 Å². The first-order valence-corrected chi connectivity index (χ1v) is 6.06. The Balaban J connectivity index is 2.05. The van der Waals surface area contributed by atoms with Gasteiger partial charge in [0.05, 0.1) is 12.2 Å². The fourth-order valence-corrected chi connectivity index (χ4v) is 1.88. The van der Waals surface area contributed by atoms with Gasteiger partial charge in [0.2, 0.25) is 0 Å². The fraction of sp³-hybridized carbons (Fsp3) is 0.154. The number of benzene rings is 1. The van der Waals surface area contributed by atoms with Crippen LogP contribution >= 0.6 is 15.9 Å². The molecule has 0 aliphatic heterocycles. The van der Waals surface area contributed by atoms with Crippen LogP contribution in [-0.4, -0.2) is 4.98 Å². The Morgan fingerprint density at radius 1 is 1.29 bits per heavy atom. The molecule has 17 heavy (non-hydrogen) atoms. The number of hydrogen-bond acceptors (Lipinski definition) is 2. The monoisotopic (exact) mass is 294 g/mol. The predicted octanol–water partition coefficient (Wildman–Crippen LogP) is 3.90. The summed E-state index contributed by atoms with van der Waals surface area (Å²) >= 11 is 3.32. The third kappa shape index (κ3) is 3.27. The lowest BCUT2D eigenvalue weighted by atomic mass is 10.2. The van der Waals surface area contributed by atoms with E-state index >= 15 is 0 Å². The highest BCUT2D eigenvalue weighted by Crippen LogP contribution is 2.14. The normalized spacial score (nSPS) is 10.3. The highest BCUT2D eigenvalue weighted by Gasteiger charge is 2.00. The molecule has 0 radical (unpaired) electrons. The number of anilines is 1. The lowest BCUT2D eigenvalue weighted by Crippen LogP contribution is -2.02. The molecule has 2 aromatic rings. The molecule has 0 amide bonds. The molecular weight excluding hydrogens is 283 g/mol. The van der Waals surface area contributed by atoms with Crippen LogP contribution in [-0.2, 0) is 6.54 Å². The summed E-state index contributed by atoms with van der Waals surface area (Å²) in [6.07, 6.45) is 0. The number of rotatable bonds is 3.